The summed E-state index contributed by atoms with van der Waals surface area (Å²) >= 11 is 0. The van der Waals surface area contributed by atoms with Gasteiger partial charge in [0.05, 0.1) is 18.8 Å². The van der Waals surface area contributed by atoms with Gasteiger partial charge in [0.15, 0.2) is 6.29 Å². The monoisotopic (exact) mass is 238 g/mol. The van der Waals surface area contributed by atoms with Crippen LogP contribution in [0.15, 0.2) is 30.3 Å². The van der Waals surface area contributed by atoms with Gasteiger partial charge in [-0.3, -0.25) is 0 Å². The maximum atomic E-state index is 9.61. The average Bonchev–Trinajstić information content (AvgIpc) is 2.34. The molecule has 2 rings (SSSR count). The third kappa shape index (κ3) is 3.26. The van der Waals surface area contributed by atoms with Crippen LogP contribution in [0.5, 0.6) is 0 Å². The lowest BCUT2D eigenvalue weighted by Gasteiger charge is -2.35. The van der Waals surface area contributed by atoms with E-state index in [1.807, 2.05) is 30.3 Å². The number of hydrogen-bond donors (Lipinski definition) is 2. The van der Waals surface area contributed by atoms with Gasteiger partial charge in [-0.1, -0.05) is 30.3 Å². The molecule has 0 amide bonds. The predicted molar refractivity (Wildman–Crippen MR) is 62.2 cm³/mol. The molecule has 4 heteroatoms. The fraction of sp³-hybridized carbons (Fsp3) is 0.538. The molecule has 4 atom stereocenters. The lowest BCUT2D eigenvalue weighted by atomic mass is 10.0. The van der Waals surface area contributed by atoms with E-state index in [0.29, 0.717) is 13.0 Å². The van der Waals surface area contributed by atoms with Crippen LogP contribution >= 0.6 is 0 Å². The molecule has 1 aromatic carbocycles. The van der Waals surface area contributed by atoms with Gasteiger partial charge in [-0.25, -0.2) is 0 Å². The Hall–Kier alpha value is -0.940. The van der Waals surface area contributed by atoms with Crippen molar-refractivity contribution >= 4 is 0 Å². The van der Waals surface area contributed by atoms with Crippen LogP contribution < -0.4 is 0 Å². The van der Waals surface area contributed by atoms with Crippen LogP contribution in [-0.4, -0.2) is 34.8 Å². The van der Waals surface area contributed by atoms with Crippen LogP contribution in [-0.2, 0) is 16.1 Å². The van der Waals surface area contributed by atoms with Crippen LogP contribution in [0, 0.1) is 0 Å². The minimum Gasteiger partial charge on any atom is -0.390 e. The van der Waals surface area contributed by atoms with Crippen LogP contribution in [0.3, 0.4) is 0 Å². The Morgan fingerprint density at radius 2 is 2.00 bits per heavy atom. The number of hydrogen-bond acceptors (Lipinski definition) is 4. The zero-order valence-electron chi connectivity index (χ0n) is 9.82. The molecule has 0 radical (unpaired) electrons. The highest BCUT2D eigenvalue weighted by molar-refractivity contribution is 5.13. The molecule has 1 saturated heterocycles. The van der Waals surface area contributed by atoms with Crippen molar-refractivity contribution in [1.29, 1.82) is 0 Å². The van der Waals surface area contributed by atoms with Crippen molar-refractivity contribution in [3.05, 3.63) is 35.9 Å². The molecule has 2 N–H and O–H groups in total. The van der Waals surface area contributed by atoms with Gasteiger partial charge in [0.25, 0.3) is 0 Å². The molecule has 0 spiro atoms. The molecule has 0 unspecified atom stereocenters. The third-order valence-electron chi connectivity index (χ3n) is 2.95. The Bertz CT molecular complexity index is 329. The fourth-order valence-electron chi connectivity index (χ4n) is 1.90. The first-order valence-electron chi connectivity index (χ1n) is 5.84. The summed E-state index contributed by atoms with van der Waals surface area (Å²) in [6.45, 7) is 2.17. The molecular formula is C13H18O4. The van der Waals surface area contributed by atoms with E-state index in [0.717, 1.165) is 5.56 Å². The summed E-state index contributed by atoms with van der Waals surface area (Å²) in [7, 11) is 0. The predicted octanol–water partition coefficient (Wildman–Crippen LogP) is 1.06. The standard InChI is InChI=1S/C13H18O4/c1-9-13(15)11(14)7-12(17-9)16-8-10-5-3-2-4-6-10/h2-6,9,11-15H,7-8H2,1H3/t9-,11+,12+,13-/m0/s1. The Balaban J connectivity index is 1.84. The smallest absolute Gasteiger partial charge is 0.161 e. The van der Waals surface area contributed by atoms with Gasteiger partial charge in [-0.05, 0) is 12.5 Å². The lowest BCUT2D eigenvalue weighted by Crippen LogP contribution is -2.47. The molecule has 0 aromatic heterocycles. The maximum absolute atomic E-state index is 9.61. The molecule has 1 heterocycles. The Labute approximate surface area is 101 Å². The SMILES string of the molecule is C[C@@H]1O[C@@H](OCc2ccccc2)C[C@@H](O)[C@H]1O. The van der Waals surface area contributed by atoms with Crippen LogP contribution in [0.2, 0.25) is 0 Å². The molecule has 94 valence electrons. The van der Waals surface area contributed by atoms with Crippen molar-refractivity contribution in [3.8, 4) is 0 Å². The van der Waals surface area contributed by atoms with Crippen molar-refractivity contribution in [2.45, 2.75) is 44.6 Å². The number of rotatable bonds is 3. The largest absolute Gasteiger partial charge is 0.390 e. The second-order valence-electron chi connectivity index (χ2n) is 4.36. The molecule has 1 aromatic rings. The second-order valence-corrected chi connectivity index (χ2v) is 4.36. The minimum absolute atomic E-state index is 0.304. The number of aliphatic hydroxyl groups is 2. The van der Waals surface area contributed by atoms with Crippen LogP contribution in [0.4, 0.5) is 0 Å². The number of benzene rings is 1. The summed E-state index contributed by atoms with van der Waals surface area (Å²) in [6.07, 6.45) is -2.16. The Morgan fingerprint density at radius 1 is 1.29 bits per heavy atom. The summed E-state index contributed by atoms with van der Waals surface area (Å²) in [5.41, 5.74) is 1.06. The van der Waals surface area contributed by atoms with Gasteiger partial charge in [0.1, 0.15) is 6.10 Å². The van der Waals surface area contributed by atoms with E-state index in [9.17, 15) is 10.2 Å². The maximum Gasteiger partial charge on any atom is 0.161 e. The van der Waals surface area contributed by atoms with Crippen molar-refractivity contribution in [2.24, 2.45) is 0 Å². The third-order valence-corrected chi connectivity index (χ3v) is 2.95. The topological polar surface area (TPSA) is 58.9 Å². The molecular weight excluding hydrogens is 220 g/mol. The highest BCUT2D eigenvalue weighted by atomic mass is 16.7. The van der Waals surface area contributed by atoms with Gasteiger partial charge in [-0.2, -0.15) is 0 Å². The molecule has 1 aliphatic heterocycles. The van der Waals surface area contributed by atoms with Gasteiger partial charge in [0, 0.05) is 6.42 Å². The van der Waals surface area contributed by atoms with Crippen molar-refractivity contribution < 1.29 is 19.7 Å². The number of aliphatic hydroxyl groups excluding tert-OH is 2. The molecule has 1 fully saturated rings. The van der Waals surface area contributed by atoms with Gasteiger partial charge in [0.2, 0.25) is 0 Å². The summed E-state index contributed by atoms with van der Waals surface area (Å²) < 4.78 is 11.0. The summed E-state index contributed by atoms with van der Waals surface area (Å²) in [6, 6.07) is 9.78. The van der Waals surface area contributed by atoms with Crippen LogP contribution in [0.25, 0.3) is 0 Å². The first-order chi connectivity index (χ1) is 8.16. The molecule has 0 aliphatic carbocycles. The normalized spacial score (nSPS) is 33.6. The van der Waals surface area contributed by atoms with Crippen molar-refractivity contribution in [3.63, 3.8) is 0 Å². The van der Waals surface area contributed by atoms with E-state index in [1.54, 1.807) is 6.92 Å². The lowest BCUT2D eigenvalue weighted by molar-refractivity contribution is -0.249. The van der Waals surface area contributed by atoms with E-state index in [-0.39, 0.29) is 0 Å². The Morgan fingerprint density at radius 3 is 2.65 bits per heavy atom. The highest BCUT2D eigenvalue weighted by Crippen LogP contribution is 2.21. The average molecular weight is 238 g/mol. The second kappa shape index (κ2) is 5.60. The molecule has 0 saturated carbocycles. The van der Waals surface area contributed by atoms with E-state index in [1.165, 1.54) is 0 Å². The van der Waals surface area contributed by atoms with E-state index in [4.69, 9.17) is 9.47 Å². The Kier molecular flexibility index (Phi) is 4.12. The highest BCUT2D eigenvalue weighted by Gasteiger charge is 2.34. The fourth-order valence-corrected chi connectivity index (χ4v) is 1.90. The molecule has 1 aliphatic rings. The van der Waals surface area contributed by atoms with Crippen molar-refractivity contribution in [2.75, 3.05) is 0 Å². The summed E-state index contributed by atoms with van der Waals surface area (Å²) in [5, 5.41) is 19.1. The van der Waals surface area contributed by atoms with Gasteiger partial charge < -0.3 is 19.7 Å². The first-order valence-corrected chi connectivity index (χ1v) is 5.84. The van der Waals surface area contributed by atoms with Gasteiger partial charge in [-0.15, -0.1) is 0 Å². The first kappa shape index (κ1) is 12.5. The van der Waals surface area contributed by atoms with Gasteiger partial charge >= 0.3 is 0 Å². The summed E-state index contributed by atoms with van der Waals surface area (Å²) in [4.78, 5) is 0. The molecule has 17 heavy (non-hydrogen) atoms. The molecule has 4 nitrogen and oxygen atoms in total. The quantitative estimate of drug-likeness (QED) is 0.826. The van der Waals surface area contributed by atoms with E-state index >= 15 is 0 Å². The van der Waals surface area contributed by atoms with E-state index in [2.05, 4.69) is 0 Å². The minimum atomic E-state index is -0.827. The van der Waals surface area contributed by atoms with Crippen LogP contribution in [0.1, 0.15) is 18.9 Å². The molecule has 0 bridgehead atoms. The van der Waals surface area contributed by atoms with Crippen molar-refractivity contribution in [1.82, 2.24) is 0 Å². The summed E-state index contributed by atoms with van der Waals surface area (Å²) in [5.74, 6) is 0. The number of ether oxygens (including phenoxy) is 2. The zero-order chi connectivity index (χ0) is 12.3. The van der Waals surface area contributed by atoms with E-state index < -0.39 is 24.6 Å². The zero-order valence-corrected chi connectivity index (χ0v) is 9.82.